The van der Waals surface area contributed by atoms with Gasteiger partial charge in [-0.05, 0) is 37.2 Å². The van der Waals surface area contributed by atoms with Crippen molar-refractivity contribution in [2.24, 2.45) is 0 Å². The summed E-state index contributed by atoms with van der Waals surface area (Å²) >= 11 is 0. The molecule has 2 aromatic carbocycles. The molecule has 2 atom stereocenters. The number of ether oxygens (including phenoxy) is 1. The van der Waals surface area contributed by atoms with Crippen molar-refractivity contribution in [2.75, 3.05) is 66.1 Å². The standard InChI is InChI=1S/C30H39N5O3/c1-3-33-15-17-34(18-16-33)14-8-13-31-29(36)27-23-10-4-5-11-24(23)30(37)35(19-20-38-2)28(27)25-21-32-26-12-7-6-9-22(25)26/h4-7,9-12,21,27-28,32H,3,8,13-20H2,1-2H3,(H,31,36). The number of fused-ring (bicyclic) bond motifs is 2. The molecule has 38 heavy (non-hydrogen) atoms. The van der Waals surface area contributed by atoms with Crippen LogP contribution < -0.4 is 5.32 Å². The minimum absolute atomic E-state index is 0.0431. The number of amides is 2. The summed E-state index contributed by atoms with van der Waals surface area (Å²) < 4.78 is 5.37. The van der Waals surface area contributed by atoms with Gasteiger partial charge in [-0.25, -0.2) is 0 Å². The first-order valence-corrected chi connectivity index (χ1v) is 13.8. The second-order valence-corrected chi connectivity index (χ2v) is 10.2. The molecule has 1 aromatic heterocycles. The van der Waals surface area contributed by atoms with Crippen molar-refractivity contribution in [3.8, 4) is 0 Å². The van der Waals surface area contributed by atoms with E-state index in [1.165, 1.54) is 0 Å². The van der Waals surface area contributed by atoms with Gasteiger partial charge in [0.25, 0.3) is 5.91 Å². The number of hydrogen-bond acceptors (Lipinski definition) is 5. The lowest BCUT2D eigenvalue weighted by Crippen LogP contribution is -2.49. The van der Waals surface area contributed by atoms with Gasteiger partial charge in [0.05, 0.1) is 18.6 Å². The van der Waals surface area contributed by atoms with Gasteiger partial charge in [0.15, 0.2) is 0 Å². The largest absolute Gasteiger partial charge is 0.383 e. The van der Waals surface area contributed by atoms with Crippen molar-refractivity contribution in [3.63, 3.8) is 0 Å². The summed E-state index contributed by atoms with van der Waals surface area (Å²) in [6.07, 6.45) is 2.85. The van der Waals surface area contributed by atoms with Crippen molar-refractivity contribution in [1.29, 1.82) is 0 Å². The molecule has 202 valence electrons. The molecule has 1 saturated heterocycles. The minimum Gasteiger partial charge on any atom is -0.383 e. The zero-order valence-electron chi connectivity index (χ0n) is 22.5. The van der Waals surface area contributed by atoms with Gasteiger partial charge in [0.1, 0.15) is 0 Å². The molecule has 0 radical (unpaired) electrons. The quantitative estimate of drug-likeness (QED) is 0.404. The average molecular weight is 518 g/mol. The fourth-order valence-corrected chi connectivity index (χ4v) is 5.95. The monoisotopic (exact) mass is 517 g/mol. The van der Waals surface area contributed by atoms with Gasteiger partial charge in [0.2, 0.25) is 5.91 Å². The lowest BCUT2D eigenvalue weighted by Gasteiger charge is -2.41. The lowest BCUT2D eigenvalue weighted by atomic mass is 9.79. The Morgan fingerprint density at radius 3 is 2.53 bits per heavy atom. The maximum Gasteiger partial charge on any atom is 0.254 e. The van der Waals surface area contributed by atoms with E-state index in [4.69, 9.17) is 4.74 Å². The van der Waals surface area contributed by atoms with E-state index in [2.05, 4.69) is 27.0 Å². The molecular formula is C30H39N5O3. The third kappa shape index (κ3) is 5.34. The number of carbonyl (C=O) groups is 2. The van der Waals surface area contributed by atoms with Crippen molar-refractivity contribution in [2.45, 2.75) is 25.3 Å². The topological polar surface area (TPSA) is 80.9 Å². The van der Waals surface area contributed by atoms with Crippen LogP contribution in [0.3, 0.4) is 0 Å². The Balaban J connectivity index is 1.39. The van der Waals surface area contributed by atoms with Gasteiger partial charge in [0, 0.05) is 74.6 Å². The number of nitrogens with zero attached hydrogens (tertiary/aromatic N) is 3. The highest BCUT2D eigenvalue weighted by molar-refractivity contribution is 6.02. The fraction of sp³-hybridized carbons (Fsp3) is 0.467. The number of likely N-dealkylation sites (N-methyl/N-ethyl adjacent to an activating group) is 1. The Labute approximate surface area is 224 Å². The smallest absolute Gasteiger partial charge is 0.254 e. The van der Waals surface area contributed by atoms with Gasteiger partial charge < -0.3 is 29.7 Å². The number of piperazine rings is 1. The zero-order chi connectivity index (χ0) is 26.5. The third-order valence-electron chi connectivity index (χ3n) is 8.06. The molecule has 3 aromatic rings. The van der Waals surface area contributed by atoms with E-state index < -0.39 is 12.0 Å². The van der Waals surface area contributed by atoms with E-state index in [-0.39, 0.29) is 11.8 Å². The number of methoxy groups -OCH3 is 1. The normalized spacial score (nSPS) is 20.6. The molecule has 2 amide bonds. The Morgan fingerprint density at radius 2 is 1.74 bits per heavy atom. The van der Waals surface area contributed by atoms with Crippen LogP contribution in [0, 0.1) is 0 Å². The number of hydrogen-bond donors (Lipinski definition) is 2. The first-order valence-electron chi connectivity index (χ1n) is 13.8. The van der Waals surface area contributed by atoms with Gasteiger partial charge in [-0.1, -0.05) is 43.3 Å². The minimum atomic E-state index is -0.520. The fourth-order valence-electron chi connectivity index (χ4n) is 5.95. The number of rotatable bonds is 10. The summed E-state index contributed by atoms with van der Waals surface area (Å²) in [5.74, 6) is -0.630. The van der Waals surface area contributed by atoms with Crippen LogP contribution in [0.25, 0.3) is 10.9 Å². The van der Waals surface area contributed by atoms with Crippen LogP contribution in [0.5, 0.6) is 0 Å². The molecule has 2 unspecified atom stereocenters. The number of nitrogens with one attached hydrogen (secondary N) is 2. The van der Waals surface area contributed by atoms with E-state index in [1.807, 2.05) is 59.6 Å². The number of H-pyrrole nitrogens is 1. The molecule has 2 N–H and O–H groups in total. The summed E-state index contributed by atoms with van der Waals surface area (Å²) in [6.45, 7) is 10.1. The van der Waals surface area contributed by atoms with Gasteiger partial charge in [-0.15, -0.1) is 0 Å². The Hall–Kier alpha value is -3.20. The number of aromatic nitrogens is 1. The summed E-state index contributed by atoms with van der Waals surface area (Å²) in [6, 6.07) is 15.2. The van der Waals surface area contributed by atoms with Gasteiger partial charge in [-0.2, -0.15) is 0 Å². The highest BCUT2D eigenvalue weighted by Crippen LogP contribution is 2.44. The predicted octanol–water partition coefficient (Wildman–Crippen LogP) is 3.24. The molecule has 0 aliphatic carbocycles. The van der Waals surface area contributed by atoms with Crippen LogP contribution in [0.4, 0.5) is 0 Å². The average Bonchev–Trinajstić information content (AvgIpc) is 3.39. The van der Waals surface area contributed by atoms with E-state index in [1.54, 1.807) is 7.11 Å². The highest BCUT2D eigenvalue weighted by atomic mass is 16.5. The predicted molar refractivity (Wildman–Crippen MR) is 149 cm³/mol. The summed E-state index contributed by atoms with van der Waals surface area (Å²) in [7, 11) is 1.63. The summed E-state index contributed by atoms with van der Waals surface area (Å²) in [4.78, 5) is 37.8. The Morgan fingerprint density at radius 1 is 1.00 bits per heavy atom. The molecule has 0 spiro atoms. The van der Waals surface area contributed by atoms with Crippen LogP contribution in [0.1, 0.15) is 46.8 Å². The van der Waals surface area contributed by atoms with Gasteiger partial charge >= 0.3 is 0 Å². The molecule has 1 fully saturated rings. The Kier molecular flexibility index (Phi) is 8.42. The number of para-hydroxylation sites is 1. The Bertz CT molecular complexity index is 1250. The SMILES string of the molecule is CCN1CCN(CCCNC(=O)C2c3ccccc3C(=O)N(CCOC)C2c2c[nH]c3ccccc23)CC1. The maximum absolute atomic E-state index is 14.0. The molecule has 8 nitrogen and oxygen atoms in total. The molecule has 2 aliphatic rings. The number of carbonyl (C=O) groups excluding carboxylic acids is 2. The van der Waals surface area contributed by atoms with Crippen molar-refractivity contribution in [3.05, 3.63) is 71.4 Å². The first kappa shape index (κ1) is 26.4. The second kappa shape index (κ2) is 12.1. The summed E-state index contributed by atoms with van der Waals surface area (Å²) in [5, 5.41) is 4.25. The maximum atomic E-state index is 14.0. The van der Waals surface area contributed by atoms with Crippen molar-refractivity contribution in [1.82, 2.24) is 25.0 Å². The molecule has 2 aliphatic heterocycles. The molecule has 3 heterocycles. The first-order chi connectivity index (χ1) is 18.6. The van der Waals surface area contributed by atoms with E-state index in [9.17, 15) is 9.59 Å². The number of benzene rings is 2. The van der Waals surface area contributed by atoms with Crippen LogP contribution in [0.15, 0.2) is 54.7 Å². The molecule has 0 saturated carbocycles. The molecule has 0 bridgehead atoms. The second-order valence-electron chi connectivity index (χ2n) is 10.2. The number of aromatic amines is 1. The summed E-state index contributed by atoms with van der Waals surface area (Å²) in [5.41, 5.74) is 3.32. The van der Waals surface area contributed by atoms with E-state index >= 15 is 0 Å². The van der Waals surface area contributed by atoms with E-state index in [0.29, 0.717) is 25.3 Å². The van der Waals surface area contributed by atoms with Gasteiger partial charge in [-0.3, -0.25) is 9.59 Å². The highest BCUT2D eigenvalue weighted by Gasteiger charge is 2.44. The van der Waals surface area contributed by atoms with Crippen LogP contribution in [0.2, 0.25) is 0 Å². The van der Waals surface area contributed by atoms with E-state index in [0.717, 1.165) is 67.7 Å². The third-order valence-corrected chi connectivity index (χ3v) is 8.06. The molecule has 8 heteroatoms. The molecule has 5 rings (SSSR count). The van der Waals surface area contributed by atoms with Crippen LogP contribution in [-0.2, 0) is 9.53 Å². The van der Waals surface area contributed by atoms with Crippen molar-refractivity contribution >= 4 is 22.7 Å². The lowest BCUT2D eigenvalue weighted by molar-refractivity contribution is -0.124. The van der Waals surface area contributed by atoms with Crippen molar-refractivity contribution < 1.29 is 14.3 Å². The zero-order valence-corrected chi connectivity index (χ0v) is 22.5. The molecular weight excluding hydrogens is 478 g/mol. The van der Waals surface area contributed by atoms with Crippen LogP contribution >= 0.6 is 0 Å². The van der Waals surface area contributed by atoms with Crippen LogP contribution in [-0.4, -0.2) is 97.6 Å².